The summed E-state index contributed by atoms with van der Waals surface area (Å²) in [4.78, 5) is 15.2. The van der Waals surface area contributed by atoms with Crippen molar-refractivity contribution < 1.29 is 4.79 Å². The summed E-state index contributed by atoms with van der Waals surface area (Å²) in [5, 5.41) is 3.50. The van der Waals surface area contributed by atoms with Gasteiger partial charge >= 0.3 is 0 Å². The van der Waals surface area contributed by atoms with E-state index in [9.17, 15) is 4.79 Å². The summed E-state index contributed by atoms with van der Waals surface area (Å²) < 4.78 is 0. The molecule has 0 aromatic rings. The molecule has 1 N–H and O–H groups in total. The molecule has 5 unspecified atom stereocenters. The van der Waals surface area contributed by atoms with E-state index in [1.54, 1.807) is 0 Å². The lowest BCUT2D eigenvalue weighted by atomic mass is 9.83. The van der Waals surface area contributed by atoms with E-state index in [1.165, 1.54) is 25.7 Å². The van der Waals surface area contributed by atoms with E-state index in [1.807, 2.05) is 0 Å². The van der Waals surface area contributed by atoms with E-state index in [0.717, 1.165) is 25.6 Å². The van der Waals surface area contributed by atoms with E-state index in [2.05, 4.69) is 24.1 Å². The van der Waals surface area contributed by atoms with Crippen LogP contribution in [0.3, 0.4) is 0 Å². The standard InChI is InChI=1S/C16H26N2O/c1-16(2)14-8-17-7-12(14)9-18(16)15(19)13-6-10-3-4-11(13)5-10/h10-14,17H,3-9H2,1-2H3. The number of nitrogens with zero attached hydrogens (tertiary/aromatic N) is 1. The van der Waals surface area contributed by atoms with Gasteiger partial charge in [-0.25, -0.2) is 0 Å². The highest BCUT2D eigenvalue weighted by Gasteiger charge is 2.54. The van der Waals surface area contributed by atoms with Crippen LogP contribution in [0.4, 0.5) is 0 Å². The van der Waals surface area contributed by atoms with E-state index in [0.29, 0.717) is 29.6 Å². The van der Waals surface area contributed by atoms with Crippen LogP contribution in [-0.4, -0.2) is 36.0 Å². The first-order chi connectivity index (χ1) is 9.07. The molecule has 2 saturated heterocycles. The highest BCUT2D eigenvalue weighted by Crippen LogP contribution is 2.50. The largest absolute Gasteiger partial charge is 0.337 e. The first-order valence-corrected chi connectivity index (χ1v) is 8.09. The minimum atomic E-state index is 0.0626. The lowest BCUT2D eigenvalue weighted by Gasteiger charge is -2.38. The maximum Gasteiger partial charge on any atom is 0.226 e. The van der Waals surface area contributed by atoms with Gasteiger partial charge in [0.25, 0.3) is 0 Å². The third kappa shape index (κ3) is 1.63. The molecule has 2 saturated carbocycles. The maximum absolute atomic E-state index is 13.0. The molecule has 0 aromatic heterocycles. The molecule has 4 aliphatic rings. The number of carbonyl (C=O) groups excluding carboxylic acids is 1. The average Bonchev–Trinajstić information content (AvgIpc) is 3.10. The van der Waals surface area contributed by atoms with Crippen LogP contribution in [0.2, 0.25) is 0 Å². The van der Waals surface area contributed by atoms with E-state index < -0.39 is 0 Å². The zero-order valence-electron chi connectivity index (χ0n) is 12.2. The fourth-order valence-corrected chi connectivity index (χ4v) is 5.54. The minimum Gasteiger partial charge on any atom is -0.337 e. The van der Waals surface area contributed by atoms with Crippen molar-refractivity contribution >= 4 is 5.91 Å². The third-order valence-electron chi connectivity index (χ3n) is 6.68. The number of hydrogen-bond donors (Lipinski definition) is 1. The Hall–Kier alpha value is -0.570. The highest BCUT2D eigenvalue weighted by atomic mass is 16.2. The molecule has 1 amide bonds. The van der Waals surface area contributed by atoms with Gasteiger partial charge in [0.15, 0.2) is 0 Å². The Morgan fingerprint density at radius 1 is 1.16 bits per heavy atom. The van der Waals surface area contributed by atoms with Crippen LogP contribution in [0.15, 0.2) is 0 Å². The molecule has 3 nitrogen and oxygen atoms in total. The molecule has 0 aromatic carbocycles. The van der Waals surface area contributed by atoms with Crippen LogP contribution in [0, 0.1) is 29.6 Å². The fourth-order valence-electron chi connectivity index (χ4n) is 5.54. The maximum atomic E-state index is 13.0. The van der Waals surface area contributed by atoms with Crippen LogP contribution in [0.25, 0.3) is 0 Å². The molecule has 5 atom stereocenters. The Morgan fingerprint density at radius 3 is 2.63 bits per heavy atom. The van der Waals surface area contributed by atoms with Gasteiger partial charge in [-0.3, -0.25) is 4.79 Å². The minimum absolute atomic E-state index is 0.0626. The zero-order chi connectivity index (χ0) is 13.2. The van der Waals surface area contributed by atoms with E-state index in [-0.39, 0.29) is 5.54 Å². The predicted molar refractivity (Wildman–Crippen MR) is 74.6 cm³/mol. The van der Waals surface area contributed by atoms with Crippen LogP contribution in [0.5, 0.6) is 0 Å². The fraction of sp³-hybridized carbons (Fsp3) is 0.938. The number of hydrogen-bond acceptors (Lipinski definition) is 2. The number of nitrogens with one attached hydrogen (secondary N) is 1. The summed E-state index contributed by atoms with van der Waals surface area (Å²) in [5.41, 5.74) is 0.0626. The molecule has 19 heavy (non-hydrogen) atoms. The van der Waals surface area contributed by atoms with Crippen molar-refractivity contribution in [1.82, 2.24) is 10.2 Å². The van der Waals surface area contributed by atoms with Crippen LogP contribution >= 0.6 is 0 Å². The van der Waals surface area contributed by atoms with Gasteiger partial charge in [0.1, 0.15) is 0 Å². The van der Waals surface area contributed by atoms with Gasteiger partial charge in [0, 0.05) is 31.1 Å². The van der Waals surface area contributed by atoms with Gasteiger partial charge in [-0.2, -0.15) is 0 Å². The van der Waals surface area contributed by atoms with Gasteiger partial charge in [-0.05, 0) is 56.8 Å². The SMILES string of the molecule is CC1(C)C2CNCC2CN1C(=O)C1CC2CCC1C2. The Balaban J connectivity index is 1.54. The lowest BCUT2D eigenvalue weighted by molar-refractivity contribution is -0.141. The summed E-state index contributed by atoms with van der Waals surface area (Å²) in [5.74, 6) is 3.79. The summed E-state index contributed by atoms with van der Waals surface area (Å²) in [6, 6.07) is 0. The molecule has 2 bridgehead atoms. The summed E-state index contributed by atoms with van der Waals surface area (Å²) in [6.45, 7) is 7.77. The highest BCUT2D eigenvalue weighted by molar-refractivity contribution is 5.81. The van der Waals surface area contributed by atoms with Crippen molar-refractivity contribution in [2.24, 2.45) is 29.6 Å². The molecule has 4 rings (SSSR count). The lowest BCUT2D eigenvalue weighted by Crippen LogP contribution is -2.50. The Morgan fingerprint density at radius 2 is 2.00 bits per heavy atom. The molecule has 0 spiro atoms. The first-order valence-electron chi connectivity index (χ1n) is 8.09. The second kappa shape index (κ2) is 3.97. The predicted octanol–water partition coefficient (Wildman–Crippen LogP) is 1.88. The quantitative estimate of drug-likeness (QED) is 0.782. The topological polar surface area (TPSA) is 32.3 Å². The summed E-state index contributed by atoms with van der Waals surface area (Å²) in [7, 11) is 0. The van der Waals surface area contributed by atoms with Crippen molar-refractivity contribution in [1.29, 1.82) is 0 Å². The van der Waals surface area contributed by atoms with Crippen molar-refractivity contribution in [2.45, 2.75) is 45.1 Å². The molecule has 106 valence electrons. The van der Waals surface area contributed by atoms with Crippen LogP contribution < -0.4 is 5.32 Å². The first kappa shape index (κ1) is 12.2. The number of rotatable bonds is 1. The number of likely N-dealkylation sites (tertiary alicyclic amines) is 1. The second-order valence-electron chi connectivity index (χ2n) is 7.91. The van der Waals surface area contributed by atoms with Gasteiger partial charge in [-0.15, -0.1) is 0 Å². The van der Waals surface area contributed by atoms with Gasteiger partial charge < -0.3 is 10.2 Å². The number of fused-ring (bicyclic) bond motifs is 3. The van der Waals surface area contributed by atoms with Crippen LogP contribution in [0.1, 0.15) is 39.5 Å². The van der Waals surface area contributed by atoms with Crippen molar-refractivity contribution in [3.05, 3.63) is 0 Å². The second-order valence-corrected chi connectivity index (χ2v) is 7.91. The monoisotopic (exact) mass is 262 g/mol. The van der Waals surface area contributed by atoms with Crippen molar-refractivity contribution in [3.8, 4) is 0 Å². The zero-order valence-corrected chi connectivity index (χ0v) is 12.2. The average molecular weight is 262 g/mol. The van der Waals surface area contributed by atoms with Crippen molar-refractivity contribution in [2.75, 3.05) is 19.6 Å². The Labute approximate surface area is 116 Å². The van der Waals surface area contributed by atoms with Gasteiger partial charge in [0.05, 0.1) is 0 Å². The van der Waals surface area contributed by atoms with Crippen molar-refractivity contribution in [3.63, 3.8) is 0 Å². The molecule has 2 aliphatic carbocycles. The number of amides is 1. The molecule has 0 radical (unpaired) electrons. The smallest absolute Gasteiger partial charge is 0.226 e. The van der Waals surface area contributed by atoms with E-state index >= 15 is 0 Å². The Bertz CT molecular complexity index is 406. The molecule has 2 aliphatic heterocycles. The van der Waals surface area contributed by atoms with Gasteiger partial charge in [0.2, 0.25) is 5.91 Å². The molecular formula is C16H26N2O. The third-order valence-corrected chi connectivity index (χ3v) is 6.68. The molecule has 3 heteroatoms. The van der Waals surface area contributed by atoms with Crippen LogP contribution in [-0.2, 0) is 4.79 Å². The normalized spacial score (nSPS) is 46.8. The molecule has 2 heterocycles. The van der Waals surface area contributed by atoms with Gasteiger partial charge in [-0.1, -0.05) is 6.42 Å². The molecule has 4 fully saturated rings. The Kier molecular flexibility index (Phi) is 2.55. The summed E-state index contributed by atoms with van der Waals surface area (Å²) >= 11 is 0. The molecular weight excluding hydrogens is 236 g/mol. The van der Waals surface area contributed by atoms with E-state index in [4.69, 9.17) is 0 Å². The number of carbonyl (C=O) groups is 1. The summed E-state index contributed by atoms with van der Waals surface area (Å²) in [6.07, 6.45) is 5.21.